The van der Waals surface area contributed by atoms with Crippen LogP contribution >= 0.6 is 0 Å². The number of amides is 1. The van der Waals surface area contributed by atoms with E-state index in [0.717, 1.165) is 31.4 Å². The van der Waals surface area contributed by atoms with Gasteiger partial charge in [-0.05, 0) is 44.7 Å². The van der Waals surface area contributed by atoms with Crippen LogP contribution in [-0.2, 0) is 0 Å². The smallest absolute Gasteiger partial charge is 0.292 e. The Morgan fingerprint density at radius 1 is 0.926 bits per heavy atom. The Bertz CT molecular complexity index is 741. The molecular formula is C21H28N4O2. The molecule has 0 bridgehead atoms. The normalized spacial score (nSPS) is 19.1. The van der Waals surface area contributed by atoms with Gasteiger partial charge in [-0.2, -0.15) is 5.10 Å². The molecule has 2 aromatic rings. The van der Waals surface area contributed by atoms with Crippen molar-refractivity contribution < 1.29 is 9.32 Å². The molecular weight excluding hydrogens is 340 g/mol. The largest absolute Gasteiger partial charge is 0.350 e. The van der Waals surface area contributed by atoms with E-state index in [0.29, 0.717) is 29.2 Å². The number of hydrogen-bond acceptors (Lipinski definition) is 5. The molecule has 2 aliphatic rings. The Kier molecular flexibility index (Phi) is 5.50. The molecule has 0 saturated heterocycles. The van der Waals surface area contributed by atoms with Crippen molar-refractivity contribution >= 4 is 5.91 Å². The third-order valence-electron chi connectivity index (χ3n) is 5.95. The Balaban J connectivity index is 1.58. The summed E-state index contributed by atoms with van der Waals surface area (Å²) in [7, 11) is 0. The first-order valence-electron chi connectivity index (χ1n) is 10.3. The minimum Gasteiger partial charge on any atom is -0.350 e. The molecule has 27 heavy (non-hydrogen) atoms. The van der Waals surface area contributed by atoms with E-state index >= 15 is 0 Å². The van der Waals surface area contributed by atoms with E-state index in [2.05, 4.69) is 20.3 Å². The van der Waals surface area contributed by atoms with Crippen molar-refractivity contribution in [2.45, 2.75) is 83.2 Å². The molecule has 2 saturated carbocycles. The zero-order valence-corrected chi connectivity index (χ0v) is 16.1. The van der Waals surface area contributed by atoms with Crippen molar-refractivity contribution in [2.24, 2.45) is 0 Å². The lowest BCUT2D eigenvalue weighted by molar-refractivity contribution is 0.0409. The number of aryl methyl sites for hydroxylation is 1. The highest BCUT2D eigenvalue weighted by Gasteiger charge is 2.34. The first-order chi connectivity index (χ1) is 13.2. The quantitative estimate of drug-likeness (QED) is 0.792. The van der Waals surface area contributed by atoms with Gasteiger partial charge >= 0.3 is 0 Å². The van der Waals surface area contributed by atoms with Crippen LogP contribution in [0.15, 0.2) is 22.7 Å². The van der Waals surface area contributed by atoms with Crippen LogP contribution in [0.4, 0.5) is 0 Å². The average molecular weight is 368 g/mol. The fourth-order valence-corrected chi connectivity index (χ4v) is 4.51. The van der Waals surface area contributed by atoms with Gasteiger partial charge in [0.05, 0.1) is 5.69 Å². The number of carbonyl (C=O) groups excluding carboxylic acids is 1. The highest BCUT2D eigenvalue weighted by atomic mass is 16.5. The lowest BCUT2D eigenvalue weighted by Gasteiger charge is -2.41. The second-order valence-electron chi connectivity index (χ2n) is 7.93. The van der Waals surface area contributed by atoms with Crippen molar-refractivity contribution in [3.63, 3.8) is 0 Å². The van der Waals surface area contributed by atoms with Crippen LogP contribution in [-0.4, -0.2) is 38.2 Å². The second kappa shape index (κ2) is 8.19. The zero-order valence-electron chi connectivity index (χ0n) is 16.1. The Hall–Kier alpha value is -2.24. The van der Waals surface area contributed by atoms with E-state index in [4.69, 9.17) is 4.52 Å². The van der Waals surface area contributed by atoms with Crippen molar-refractivity contribution in [3.05, 3.63) is 29.7 Å². The van der Waals surface area contributed by atoms with Gasteiger partial charge in [0, 0.05) is 18.2 Å². The van der Waals surface area contributed by atoms with Crippen molar-refractivity contribution in [2.75, 3.05) is 0 Å². The van der Waals surface area contributed by atoms with Gasteiger partial charge in [0.1, 0.15) is 11.4 Å². The van der Waals surface area contributed by atoms with E-state index < -0.39 is 0 Å². The molecule has 2 fully saturated rings. The molecule has 2 aromatic heterocycles. The summed E-state index contributed by atoms with van der Waals surface area (Å²) >= 11 is 0. The first-order valence-corrected chi connectivity index (χ1v) is 10.3. The van der Waals surface area contributed by atoms with Gasteiger partial charge in [0.15, 0.2) is 0 Å². The lowest BCUT2D eigenvalue weighted by atomic mass is 9.88. The number of carbonyl (C=O) groups is 1. The molecule has 144 valence electrons. The zero-order chi connectivity index (χ0) is 18.6. The molecule has 0 aromatic carbocycles. The number of nitrogens with zero attached hydrogens (tertiary/aromatic N) is 4. The summed E-state index contributed by atoms with van der Waals surface area (Å²) in [4.78, 5) is 15.5. The minimum atomic E-state index is -0.00683. The van der Waals surface area contributed by atoms with Crippen molar-refractivity contribution in [1.29, 1.82) is 0 Å². The lowest BCUT2D eigenvalue weighted by Crippen LogP contribution is -2.48. The molecule has 1 amide bonds. The van der Waals surface area contributed by atoms with E-state index in [1.54, 1.807) is 6.07 Å². The summed E-state index contributed by atoms with van der Waals surface area (Å²) in [6.45, 7) is 1.89. The fraction of sp³-hybridized carbons (Fsp3) is 0.619. The molecule has 2 heterocycles. The highest BCUT2D eigenvalue weighted by Crippen LogP contribution is 2.32. The SMILES string of the molecule is Cc1ccc(-c2cc(C(=O)N(C3CCCCC3)C3CCCCC3)on2)nn1. The van der Waals surface area contributed by atoms with Crippen LogP contribution in [0.3, 0.4) is 0 Å². The third-order valence-corrected chi connectivity index (χ3v) is 5.95. The maximum absolute atomic E-state index is 13.4. The van der Waals surface area contributed by atoms with Crippen LogP contribution < -0.4 is 0 Å². The van der Waals surface area contributed by atoms with Gasteiger partial charge in [0.2, 0.25) is 5.76 Å². The van der Waals surface area contributed by atoms with Crippen molar-refractivity contribution in [3.8, 4) is 11.4 Å². The molecule has 0 radical (unpaired) electrons. The van der Waals surface area contributed by atoms with Gasteiger partial charge in [-0.3, -0.25) is 4.79 Å². The molecule has 0 atom stereocenters. The van der Waals surface area contributed by atoms with Crippen molar-refractivity contribution in [1.82, 2.24) is 20.3 Å². The van der Waals surface area contributed by atoms with E-state index in [1.165, 1.54) is 38.5 Å². The van der Waals surface area contributed by atoms with Crippen LogP contribution in [0.5, 0.6) is 0 Å². The predicted octanol–water partition coefficient (Wildman–Crippen LogP) is 4.55. The number of hydrogen-bond donors (Lipinski definition) is 0. The predicted molar refractivity (Wildman–Crippen MR) is 102 cm³/mol. The first kappa shape index (κ1) is 18.1. The number of aromatic nitrogens is 3. The topological polar surface area (TPSA) is 72.1 Å². The van der Waals surface area contributed by atoms with E-state index in [9.17, 15) is 4.79 Å². The molecule has 6 nitrogen and oxygen atoms in total. The maximum atomic E-state index is 13.4. The maximum Gasteiger partial charge on any atom is 0.292 e. The van der Waals surface area contributed by atoms with Gasteiger partial charge < -0.3 is 9.42 Å². The van der Waals surface area contributed by atoms with Gasteiger partial charge in [-0.1, -0.05) is 43.7 Å². The van der Waals surface area contributed by atoms with Crippen LogP contribution in [0, 0.1) is 6.92 Å². The summed E-state index contributed by atoms with van der Waals surface area (Å²) in [5.41, 5.74) is 2.04. The van der Waals surface area contributed by atoms with Gasteiger partial charge in [0.25, 0.3) is 5.91 Å². The van der Waals surface area contributed by atoms with E-state index in [-0.39, 0.29) is 5.91 Å². The second-order valence-corrected chi connectivity index (χ2v) is 7.93. The fourth-order valence-electron chi connectivity index (χ4n) is 4.51. The highest BCUT2D eigenvalue weighted by molar-refractivity contribution is 5.92. The average Bonchev–Trinajstić information content (AvgIpc) is 3.21. The van der Waals surface area contributed by atoms with Crippen LogP contribution in [0.25, 0.3) is 11.4 Å². The van der Waals surface area contributed by atoms with E-state index in [1.807, 2.05) is 19.1 Å². The standard InChI is InChI=1S/C21H28N4O2/c1-15-12-13-18(23-22-15)19-14-20(27-24-19)21(26)25(16-8-4-2-5-9-16)17-10-6-3-7-11-17/h12-14,16-17H,2-11H2,1H3. The molecule has 0 spiro atoms. The molecule has 0 unspecified atom stereocenters. The molecule has 0 aliphatic heterocycles. The Morgan fingerprint density at radius 2 is 1.56 bits per heavy atom. The number of rotatable bonds is 4. The Morgan fingerprint density at radius 3 is 2.11 bits per heavy atom. The summed E-state index contributed by atoms with van der Waals surface area (Å²) < 4.78 is 5.46. The third kappa shape index (κ3) is 4.04. The summed E-state index contributed by atoms with van der Waals surface area (Å²) in [6.07, 6.45) is 11.8. The molecule has 4 rings (SSSR count). The molecule has 6 heteroatoms. The summed E-state index contributed by atoms with van der Waals surface area (Å²) in [5, 5.41) is 12.3. The summed E-state index contributed by atoms with van der Waals surface area (Å²) in [6, 6.07) is 6.13. The van der Waals surface area contributed by atoms with Crippen LogP contribution in [0.2, 0.25) is 0 Å². The Labute approximate surface area is 160 Å². The van der Waals surface area contributed by atoms with Gasteiger partial charge in [-0.25, -0.2) is 0 Å². The molecule has 2 aliphatic carbocycles. The molecule has 0 N–H and O–H groups in total. The van der Waals surface area contributed by atoms with Crippen LogP contribution in [0.1, 0.15) is 80.5 Å². The minimum absolute atomic E-state index is 0.00683. The monoisotopic (exact) mass is 368 g/mol. The van der Waals surface area contributed by atoms with Gasteiger partial charge in [-0.15, -0.1) is 5.10 Å². The summed E-state index contributed by atoms with van der Waals surface area (Å²) in [5.74, 6) is 0.316.